The van der Waals surface area contributed by atoms with E-state index in [0.29, 0.717) is 11.4 Å². The molecule has 2 aromatic rings. The van der Waals surface area contributed by atoms with E-state index in [1.807, 2.05) is 32.0 Å². The highest BCUT2D eigenvalue weighted by molar-refractivity contribution is 6.29. The number of hydrogen-bond acceptors (Lipinski definition) is 4. The van der Waals surface area contributed by atoms with Gasteiger partial charge in [-0.3, -0.25) is 4.79 Å². The molecule has 6 heteroatoms. The van der Waals surface area contributed by atoms with Crippen LogP contribution in [0, 0.1) is 0 Å². The molecule has 2 N–H and O–H groups in total. The van der Waals surface area contributed by atoms with Crippen LogP contribution in [-0.2, 0) is 0 Å². The van der Waals surface area contributed by atoms with Gasteiger partial charge in [-0.1, -0.05) is 23.7 Å². The molecular formula is C14H15ClN4O. The van der Waals surface area contributed by atoms with E-state index in [1.165, 1.54) is 12.4 Å². The molecule has 0 saturated heterocycles. The Morgan fingerprint density at radius 2 is 2.00 bits per heavy atom. The highest BCUT2D eigenvalue weighted by atomic mass is 35.5. The first-order chi connectivity index (χ1) is 9.56. The van der Waals surface area contributed by atoms with E-state index in [-0.39, 0.29) is 17.1 Å². The summed E-state index contributed by atoms with van der Waals surface area (Å²) in [5.74, 6) is 0.123. The predicted octanol–water partition coefficient (Wildman–Crippen LogP) is 3.20. The van der Waals surface area contributed by atoms with Gasteiger partial charge in [-0.2, -0.15) is 0 Å². The molecule has 0 atom stereocenters. The van der Waals surface area contributed by atoms with Crippen molar-refractivity contribution in [2.45, 2.75) is 19.9 Å². The molecule has 0 bridgehead atoms. The van der Waals surface area contributed by atoms with Gasteiger partial charge in [0.15, 0.2) is 0 Å². The van der Waals surface area contributed by atoms with Crippen molar-refractivity contribution in [3.8, 4) is 0 Å². The van der Waals surface area contributed by atoms with Gasteiger partial charge in [-0.25, -0.2) is 9.97 Å². The van der Waals surface area contributed by atoms with Gasteiger partial charge >= 0.3 is 0 Å². The van der Waals surface area contributed by atoms with E-state index >= 15 is 0 Å². The smallest absolute Gasteiger partial charge is 0.258 e. The lowest BCUT2D eigenvalue weighted by Gasteiger charge is -2.14. The Hall–Kier alpha value is -2.14. The van der Waals surface area contributed by atoms with Crippen molar-refractivity contribution < 1.29 is 4.79 Å². The van der Waals surface area contributed by atoms with E-state index in [2.05, 4.69) is 20.6 Å². The quantitative estimate of drug-likeness (QED) is 0.849. The minimum Gasteiger partial charge on any atom is -0.382 e. The molecule has 0 spiro atoms. The first-order valence-corrected chi connectivity index (χ1v) is 6.58. The van der Waals surface area contributed by atoms with Crippen LogP contribution in [-0.4, -0.2) is 21.9 Å². The van der Waals surface area contributed by atoms with Crippen molar-refractivity contribution in [2.24, 2.45) is 0 Å². The van der Waals surface area contributed by atoms with Gasteiger partial charge in [-0.05, 0) is 26.0 Å². The second kappa shape index (κ2) is 6.34. The molecule has 1 heterocycles. The third-order valence-corrected chi connectivity index (χ3v) is 2.70. The average molecular weight is 291 g/mol. The Bertz CT molecular complexity index is 616. The predicted molar refractivity (Wildman–Crippen MR) is 80.2 cm³/mol. The molecule has 0 saturated carbocycles. The van der Waals surface area contributed by atoms with Crippen LogP contribution >= 0.6 is 11.6 Å². The van der Waals surface area contributed by atoms with Gasteiger partial charge in [0.05, 0.1) is 5.56 Å². The third-order valence-electron chi connectivity index (χ3n) is 2.49. The summed E-state index contributed by atoms with van der Waals surface area (Å²) in [7, 11) is 0. The first kappa shape index (κ1) is 14.3. The SMILES string of the molecule is CC(C)Nc1ccccc1C(=O)Nc1cc(Cl)ncn1. The fraction of sp³-hybridized carbons (Fsp3) is 0.214. The number of nitrogens with one attached hydrogen (secondary N) is 2. The second-order valence-corrected chi connectivity index (χ2v) is 4.91. The number of hydrogen-bond donors (Lipinski definition) is 2. The standard InChI is InChI=1S/C14H15ClN4O/c1-9(2)18-11-6-4-3-5-10(11)14(20)19-13-7-12(15)16-8-17-13/h3-9,18H,1-2H3,(H,16,17,19,20). The number of para-hydroxylation sites is 1. The lowest BCUT2D eigenvalue weighted by atomic mass is 10.1. The van der Waals surface area contributed by atoms with E-state index < -0.39 is 0 Å². The van der Waals surface area contributed by atoms with Gasteiger partial charge < -0.3 is 10.6 Å². The fourth-order valence-corrected chi connectivity index (χ4v) is 1.85. The third kappa shape index (κ3) is 3.68. The summed E-state index contributed by atoms with van der Waals surface area (Å²) in [5.41, 5.74) is 1.33. The van der Waals surface area contributed by atoms with Gasteiger partial charge in [-0.15, -0.1) is 0 Å². The van der Waals surface area contributed by atoms with Crippen molar-refractivity contribution in [1.29, 1.82) is 0 Å². The van der Waals surface area contributed by atoms with Crippen LogP contribution in [0.2, 0.25) is 5.15 Å². The van der Waals surface area contributed by atoms with Crippen molar-refractivity contribution in [3.05, 3.63) is 47.4 Å². The first-order valence-electron chi connectivity index (χ1n) is 6.20. The maximum atomic E-state index is 12.3. The normalized spacial score (nSPS) is 10.4. The molecule has 1 aromatic heterocycles. The summed E-state index contributed by atoms with van der Waals surface area (Å²) in [6.07, 6.45) is 1.30. The number of amides is 1. The summed E-state index contributed by atoms with van der Waals surface area (Å²) in [6.45, 7) is 4.03. The van der Waals surface area contributed by atoms with Crippen molar-refractivity contribution in [2.75, 3.05) is 10.6 Å². The maximum absolute atomic E-state index is 12.3. The highest BCUT2D eigenvalue weighted by Gasteiger charge is 2.12. The molecule has 0 fully saturated rings. The average Bonchev–Trinajstić information content (AvgIpc) is 2.38. The molecule has 0 aliphatic rings. The van der Waals surface area contributed by atoms with Crippen LogP contribution in [0.3, 0.4) is 0 Å². The molecule has 1 aromatic carbocycles. The van der Waals surface area contributed by atoms with Crippen LogP contribution in [0.15, 0.2) is 36.7 Å². The number of benzene rings is 1. The molecule has 2 rings (SSSR count). The summed E-state index contributed by atoms with van der Waals surface area (Å²) in [6, 6.07) is 9.04. The number of nitrogens with zero attached hydrogens (tertiary/aromatic N) is 2. The van der Waals surface area contributed by atoms with Crippen LogP contribution in [0.5, 0.6) is 0 Å². The van der Waals surface area contributed by atoms with E-state index in [1.54, 1.807) is 6.07 Å². The molecule has 5 nitrogen and oxygen atoms in total. The van der Waals surface area contributed by atoms with Gasteiger partial charge in [0.1, 0.15) is 17.3 Å². The highest BCUT2D eigenvalue weighted by Crippen LogP contribution is 2.18. The van der Waals surface area contributed by atoms with Crippen LogP contribution in [0.25, 0.3) is 0 Å². The monoisotopic (exact) mass is 290 g/mol. The molecule has 20 heavy (non-hydrogen) atoms. The summed E-state index contributed by atoms with van der Waals surface area (Å²) in [4.78, 5) is 20.0. The Labute approximate surface area is 122 Å². The van der Waals surface area contributed by atoms with E-state index in [9.17, 15) is 4.79 Å². The molecule has 0 aliphatic carbocycles. The zero-order chi connectivity index (χ0) is 14.5. The minimum atomic E-state index is -0.247. The molecule has 1 amide bonds. The second-order valence-electron chi connectivity index (χ2n) is 4.52. The zero-order valence-electron chi connectivity index (χ0n) is 11.2. The van der Waals surface area contributed by atoms with Gasteiger partial charge in [0, 0.05) is 17.8 Å². The van der Waals surface area contributed by atoms with Crippen LogP contribution in [0.1, 0.15) is 24.2 Å². The molecule has 0 unspecified atom stereocenters. The fourth-order valence-electron chi connectivity index (χ4n) is 1.70. The van der Waals surface area contributed by atoms with E-state index in [4.69, 9.17) is 11.6 Å². The van der Waals surface area contributed by atoms with Crippen LogP contribution < -0.4 is 10.6 Å². The lowest BCUT2D eigenvalue weighted by molar-refractivity contribution is 0.102. The van der Waals surface area contributed by atoms with Crippen molar-refractivity contribution >= 4 is 29.0 Å². The lowest BCUT2D eigenvalue weighted by Crippen LogP contribution is -2.18. The van der Waals surface area contributed by atoms with E-state index in [0.717, 1.165) is 5.69 Å². The topological polar surface area (TPSA) is 66.9 Å². The molecule has 0 radical (unpaired) electrons. The summed E-state index contributed by atoms with van der Waals surface area (Å²) < 4.78 is 0. The molecule has 0 aliphatic heterocycles. The number of anilines is 2. The van der Waals surface area contributed by atoms with Crippen molar-refractivity contribution in [1.82, 2.24) is 9.97 Å². The largest absolute Gasteiger partial charge is 0.382 e. The molecule has 104 valence electrons. The number of carbonyl (C=O) groups excluding carboxylic acids is 1. The zero-order valence-corrected chi connectivity index (χ0v) is 12.0. The van der Waals surface area contributed by atoms with Crippen LogP contribution in [0.4, 0.5) is 11.5 Å². The number of carbonyl (C=O) groups is 1. The van der Waals surface area contributed by atoms with Gasteiger partial charge in [0.2, 0.25) is 0 Å². The number of rotatable bonds is 4. The van der Waals surface area contributed by atoms with Gasteiger partial charge in [0.25, 0.3) is 5.91 Å². The Morgan fingerprint density at radius 3 is 2.70 bits per heavy atom. The summed E-state index contributed by atoms with van der Waals surface area (Å²) in [5, 5.41) is 6.21. The Kier molecular flexibility index (Phi) is 4.53. The Morgan fingerprint density at radius 1 is 1.25 bits per heavy atom. The molecular weight excluding hydrogens is 276 g/mol. The minimum absolute atomic E-state index is 0.234. The number of aromatic nitrogens is 2. The summed E-state index contributed by atoms with van der Waals surface area (Å²) >= 11 is 5.76. The van der Waals surface area contributed by atoms with Crippen molar-refractivity contribution in [3.63, 3.8) is 0 Å². The number of halogens is 1. The Balaban J connectivity index is 2.21. The maximum Gasteiger partial charge on any atom is 0.258 e.